The van der Waals surface area contributed by atoms with E-state index in [9.17, 15) is 9.00 Å². The molecule has 102 valence electrons. The predicted molar refractivity (Wildman–Crippen MR) is 78.1 cm³/mol. The lowest BCUT2D eigenvalue weighted by atomic mass is 10.1. The third-order valence-electron chi connectivity index (χ3n) is 3.05. The maximum Gasteiger partial charge on any atom is 0.316 e. The lowest BCUT2D eigenvalue weighted by Crippen LogP contribution is -2.10. The van der Waals surface area contributed by atoms with E-state index in [1.165, 1.54) is 0 Å². The first-order valence-electron chi connectivity index (χ1n) is 6.10. The highest BCUT2D eigenvalue weighted by Crippen LogP contribution is 2.29. The van der Waals surface area contributed by atoms with E-state index in [1.54, 1.807) is 0 Å². The lowest BCUT2D eigenvalue weighted by Gasteiger charge is -2.00. The van der Waals surface area contributed by atoms with E-state index >= 15 is 0 Å². The Balaban J connectivity index is 1.99. The van der Waals surface area contributed by atoms with Gasteiger partial charge in [0.25, 0.3) is 0 Å². The summed E-state index contributed by atoms with van der Waals surface area (Å²) in [5.74, 6) is -1.13. The molecule has 2 aromatic carbocycles. The van der Waals surface area contributed by atoms with Crippen molar-refractivity contribution in [2.75, 3.05) is 5.75 Å². The number of hydrogen-bond donors (Lipinski definition) is 1. The molecule has 0 aliphatic carbocycles. The largest absolute Gasteiger partial charge is 0.481 e. The third kappa shape index (κ3) is 2.44. The molecule has 1 aromatic heterocycles. The van der Waals surface area contributed by atoms with Gasteiger partial charge in [0, 0.05) is 27.3 Å². The highest BCUT2D eigenvalue weighted by atomic mass is 32.2. The molecule has 0 aliphatic rings. The molecule has 0 saturated heterocycles. The Kier molecular flexibility index (Phi) is 3.28. The van der Waals surface area contributed by atoms with E-state index in [2.05, 4.69) is 0 Å². The molecule has 0 aliphatic heterocycles. The fourth-order valence-corrected chi connectivity index (χ4v) is 3.17. The Bertz CT molecular complexity index is 819. The first-order chi connectivity index (χ1) is 9.63. The Morgan fingerprint density at radius 1 is 1.10 bits per heavy atom. The van der Waals surface area contributed by atoms with Crippen molar-refractivity contribution in [2.45, 2.75) is 5.75 Å². The van der Waals surface area contributed by atoms with Crippen LogP contribution in [0.1, 0.15) is 5.56 Å². The van der Waals surface area contributed by atoms with Crippen LogP contribution in [0.3, 0.4) is 0 Å². The molecule has 0 spiro atoms. The Labute approximate surface area is 117 Å². The van der Waals surface area contributed by atoms with Crippen molar-refractivity contribution >= 4 is 38.7 Å². The number of furan rings is 1. The molecule has 5 heteroatoms. The molecule has 0 fully saturated rings. The summed E-state index contributed by atoms with van der Waals surface area (Å²) in [6.45, 7) is 0. The maximum atomic E-state index is 11.7. The van der Waals surface area contributed by atoms with Crippen LogP contribution in [0.15, 0.2) is 46.9 Å². The molecule has 0 amide bonds. The van der Waals surface area contributed by atoms with Crippen molar-refractivity contribution < 1.29 is 18.5 Å². The molecule has 1 atom stereocenters. The van der Waals surface area contributed by atoms with Gasteiger partial charge >= 0.3 is 5.97 Å². The summed E-state index contributed by atoms with van der Waals surface area (Å²) in [5, 5.41) is 10.6. The van der Waals surface area contributed by atoms with Crippen molar-refractivity contribution in [3.63, 3.8) is 0 Å². The number of fused-ring (bicyclic) bond motifs is 3. The van der Waals surface area contributed by atoms with Crippen LogP contribution in [-0.2, 0) is 21.3 Å². The normalized spacial score (nSPS) is 12.8. The van der Waals surface area contributed by atoms with Gasteiger partial charge in [0.15, 0.2) is 0 Å². The van der Waals surface area contributed by atoms with E-state index in [0.29, 0.717) is 0 Å². The highest BCUT2D eigenvalue weighted by Gasteiger charge is 2.10. The number of benzene rings is 2. The average Bonchev–Trinajstić information content (AvgIpc) is 2.76. The van der Waals surface area contributed by atoms with Gasteiger partial charge in [0.05, 0.1) is 0 Å². The molecule has 0 radical (unpaired) electrons. The SMILES string of the molecule is O=C(O)C[S@@](=O)Cc1ccc2oc3ccccc3c2c1. The number of carboxylic acid groups (broad SMARTS) is 1. The molecule has 3 rings (SSSR count). The van der Waals surface area contributed by atoms with Gasteiger partial charge in [-0.2, -0.15) is 0 Å². The fourth-order valence-electron chi connectivity index (χ4n) is 2.24. The summed E-state index contributed by atoms with van der Waals surface area (Å²) in [4.78, 5) is 10.5. The number of carboxylic acids is 1. The minimum absolute atomic E-state index is 0.238. The van der Waals surface area contributed by atoms with Crippen LogP contribution in [0.25, 0.3) is 21.9 Å². The lowest BCUT2D eigenvalue weighted by molar-refractivity contribution is -0.133. The van der Waals surface area contributed by atoms with E-state index in [4.69, 9.17) is 9.52 Å². The van der Waals surface area contributed by atoms with Gasteiger partial charge in [0.1, 0.15) is 16.9 Å². The van der Waals surface area contributed by atoms with Crippen LogP contribution in [0.5, 0.6) is 0 Å². The van der Waals surface area contributed by atoms with Gasteiger partial charge in [-0.3, -0.25) is 9.00 Å². The molecular weight excluding hydrogens is 276 g/mol. The van der Waals surface area contributed by atoms with E-state index in [0.717, 1.165) is 27.5 Å². The molecule has 4 nitrogen and oxygen atoms in total. The van der Waals surface area contributed by atoms with Crippen LogP contribution < -0.4 is 0 Å². The number of hydrogen-bond acceptors (Lipinski definition) is 3. The van der Waals surface area contributed by atoms with Crippen molar-refractivity contribution in [1.82, 2.24) is 0 Å². The van der Waals surface area contributed by atoms with E-state index < -0.39 is 16.8 Å². The van der Waals surface area contributed by atoms with Crippen molar-refractivity contribution in [1.29, 1.82) is 0 Å². The molecule has 0 saturated carbocycles. The quantitative estimate of drug-likeness (QED) is 0.801. The average molecular weight is 288 g/mol. The van der Waals surface area contributed by atoms with Gasteiger partial charge in [-0.15, -0.1) is 0 Å². The Morgan fingerprint density at radius 3 is 2.65 bits per heavy atom. The van der Waals surface area contributed by atoms with Crippen LogP contribution in [0.4, 0.5) is 0 Å². The Hall–Kier alpha value is -2.14. The molecule has 3 aromatic rings. The first-order valence-corrected chi connectivity index (χ1v) is 7.59. The summed E-state index contributed by atoms with van der Waals surface area (Å²) < 4.78 is 17.4. The monoisotopic (exact) mass is 288 g/mol. The predicted octanol–water partition coefficient (Wildman–Crippen LogP) is 2.92. The van der Waals surface area contributed by atoms with Crippen LogP contribution in [-0.4, -0.2) is 21.0 Å². The van der Waals surface area contributed by atoms with Crippen molar-refractivity contribution in [2.24, 2.45) is 0 Å². The second kappa shape index (κ2) is 5.09. The second-order valence-corrected chi connectivity index (χ2v) is 6.01. The molecule has 1 N–H and O–H groups in total. The summed E-state index contributed by atoms with van der Waals surface area (Å²) in [6.07, 6.45) is 0. The zero-order chi connectivity index (χ0) is 14.1. The van der Waals surface area contributed by atoms with Gasteiger partial charge in [0.2, 0.25) is 0 Å². The Morgan fingerprint density at radius 2 is 1.85 bits per heavy atom. The van der Waals surface area contributed by atoms with Gasteiger partial charge in [-0.25, -0.2) is 0 Å². The van der Waals surface area contributed by atoms with E-state index in [1.807, 2.05) is 42.5 Å². The topological polar surface area (TPSA) is 67.5 Å². The fraction of sp³-hybridized carbons (Fsp3) is 0.133. The summed E-state index contributed by atoms with van der Waals surface area (Å²) >= 11 is 0. The molecule has 1 heterocycles. The number of carbonyl (C=O) groups is 1. The molecular formula is C15H12O4S. The third-order valence-corrected chi connectivity index (χ3v) is 4.28. The van der Waals surface area contributed by atoms with E-state index in [-0.39, 0.29) is 11.5 Å². The molecule has 0 unspecified atom stereocenters. The van der Waals surface area contributed by atoms with Gasteiger partial charge < -0.3 is 9.52 Å². The number of aliphatic carboxylic acids is 1. The summed E-state index contributed by atoms with van der Waals surface area (Å²) in [5.41, 5.74) is 2.44. The zero-order valence-corrected chi connectivity index (χ0v) is 11.4. The zero-order valence-electron chi connectivity index (χ0n) is 10.5. The minimum Gasteiger partial charge on any atom is -0.481 e. The number of rotatable bonds is 4. The highest BCUT2D eigenvalue weighted by molar-refractivity contribution is 7.84. The molecule has 0 bridgehead atoms. The standard InChI is InChI=1S/C15H12O4S/c16-15(17)9-20(18)8-10-5-6-14-12(7-10)11-3-1-2-4-13(11)19-14/h1-7H,8-9H2,(H,16,17)/t20-/m0/s1. The van der Waals surface area contributed by atoms with Crippen molar-refractivity contribution in [3.05, 3.63) is 48.0 Å². The summed E-state index contributed by atoms with van der Waals surface area (Å²) in [7, 11) is -1.40. The van der Waals surface area contributed by atoms with Crippen LogP contribution in [0.2, 0.25) is 0 Å². The van der Waals surface area contributed by atoms with Crippen LogP contribution >= 0.6 is 0 Å². The smallest absolute Gasteiger partial charge is 0.316 e. The summed E-state index contributed by atoms with van der Waals surface area (Å²) in [6, 6.07) is 13.3. The first kappa shape index (κ1) is 12.9. The molecule has 20 heavy (non-hydrogen) atoms. The minimum atomic E-state index is -1.40. The van der Waals surface area contributed by atoms with Gasteiger partial charge in [-0.05, 0) is 23.8 Å². The van der Waals surface area contributed by atoms with Crippen LogP contribution in [0, 0.1) is 0 Å². The van der Waals surface area contributed by atoms with Gasteiger partial charge in [-0.1, -0.05) is 24.3 Å². The maximum absolute atomic E-state index is 11.7. The number of para-hydroxylation sites is 1. The second-order valence-electron chi connectivity index (χ2n) is 4.55. The van der Waals surface area contributed by atoms with Crippen molar-refractivity contribution in [3.8, 4) is 0 Å².